The Balaban J connectivity index is 0.890. The zero-order valence-corrected chi connectivity index (χ0v) is 33.8. The summed E-state index contributed by atoms with van der Waals surface area (Å²) >= 11 is 0. The SMILES string of the molecule is CC(=O)Nc1ccc2ccc(NC(=O)C(C)NC(=O)C3CCN4CCC(c5cnc6nc7c(cc6c5C)CCc5cc6c([N+](=O)[O-])cc([N+](=O)[O-])c(O)c6nc5-7)NC4N3)cc2c1. The van der Waals surface area contributed by atoms with Crippen LogP contribution in [0.15, 0.2) is 60.8 Å². The first-order valence-corrected chi connectivity index (χ1v) is 20.2. The molecular weight excluding hydrogens is 799 g/mol. The third kappa shape index (κ3) is 7.35. The van der Waals surface area contributed by atoms with Crippen molar-refractivity contribution in [2.75, 3.05) is 23.7 Å². The maximum absolute atomic E-state index is 13.5. The van der Waals surface area contributed by atoms with Gasteiger partial charge in [-0.15, -0.1) is 0 Å². The second-order valence-electron chi connectivity index (χ2n) is 16.0. The van der Waals surface area contributed by atoms with Gasteiger partial charge in [0.2, 0.25) is 23.5 Å². The molecule has 6 aromatic rings. The number of nitrogens with one attached hydrogen (secondary N) is 5. The van der Waals surface area contributed by atoms with Crippen molar-refractivity contribution in [1.29, 1.82) is 0 Å². The number of carbonyl (C=O) groups is 3. The van der Waals surface area contributed by atoms with Crippen molar-refractivity contribution in [2.45, 2.75) is 70.9 Å². The summed E-state index contributed by atoms with van der Waals surface area (Å²) in [6.45, 7) is 6.52. The van der Waals surface area contributed by atoms with E-state index in [9.17, 15) is 39.7 Å². The molecule has 4 unspecified atom stereocenters. The highest BCUT2D eigenvalue weighted by Crippen LogP contribution is 2.43. The summed E-state index contributed by atoms with van der Waals surface area (Å²) in [6, 6.07) is 13.8. The number of nitro groups is 2. The van der Waals surface area contributed by atoms with E-state index in [1.165, 1.54) is 6.92 Å². The van der Waals surface area contributed by atoms with Crippen molar-refractivity contribution in [3.63, 3.8) is 0 Å². The Morgan fingerprint density at radius 2 is 1.52 bits per heavy atom. The monoisotopic (exact) mass is 839 g/mol. The molecule has 6 N–H and O–H groups in total. The maximum atomic E-state index is 13.5. The van der Waals surface area contributed by atoms with E-state index in [2.05, 4.69) is 36.5 Å². The van der Waals surface area contributed by atoms with Crippen LogP contribution in [-0.4, -0.2) is 84.0 Å². The van der Waals surface area contributed by atoms with Crippen LogP contribution in [0.5, 0.6) is 5.75 Å². The number of nitrogens with zero attached hydrogens (tertiary/aromatic N) is 6. The van der Waals surface area contributed by atoms with E-state index >= 15 is 0 Å². The largest absolute Gasteiger partial charge is 0.501 e. The van der Waals surface area contributed by atoms with Crippen LogP contribution in [0.1, 0.15) is 55.0 Å². The van der Waals surface area contributed by atoms with Gasteiger partial charge < -0.3 is 21.1 Å². The molecule has 19 nitrogen and oxygen atoms in total. The van der Waals surface area contributed by atoms with Gasteiger partial charge >= 0.3 is 5.69 Å². The highest BCUT2D eigenvalue weighted by atomic mass is 16.6. The van der Waals surface area contributed by atoms with Crippen LogP contribution in [-0.2, 0) is 27.2 Å². The van der Waals surface area contributed by atoms with Crippen molar-refractivity contribution in [2.24, 2.45) is 0 Å². The second kappa shape index (κ2) is 15.7. The fraction of sp³-hybridized carbons (Fsp3) is 0.302. The summed E-state index contributed by atoms with van der Waals surface area (Å²) in [7, 11) is 0. The van der Waals surface area contributed by atoms with Gasteiger partial charge in [0.1, 0.15) is 17.8 Å². The number of carbonyl (C=O) groups excluding carboxylic acids is 3. The molecule has 316 valence electrons. The number of nitro benzene ring substituents is 2. The number of benzene rings is 3. The van der Waals surface area contributed by atoms with E-state index in [-0.39, 0.29) is 41.0 Å². The number of hydrogen-bond donors (Lipinski definition) is 6. The number of amides is 3. The third-order valence-corrected chi connectivity index (χ3v) is 12.0. The highest BCUT2D eigenvalue weighted by Gasteiger charge is 2.37. The van der Waals surface area contributed by atoms with E-state index in [1.807, 2.05) is 43.3 Å². The van der Waals surface area contributed by atoms with Crippen LogP contribution in [0, 0.1) is 27.2 Å². The number of aromatic hydroxyl groups is 1. The van der Waals surface area contributed by atoms with Gasteiger partial charge in [0.15, 0.2) is 5.65 Å². The number of fused-ring (bicyclic) bond motifs is 7. The van der Waals surface area contributed by atoms with E-state index in [4.69, 9.17) is 9.97 Å². The van der Waals surface area contributed by atoms with Crippen LogP contribution in [0.25, 0.3) is 44.1 Å². The number of rotatable bonds is 8. The van der Waals surface area contributed by atoms with Crippen molar-refractivity contribution in [1.82, 2.24) is 35.8 Å². The number of pyridine rings is 3. The zero-order valence-electron chi connectivity index (χ0n) is 33.8. The van der Waals surface area contributed by atoms with Crippen molar-refractivity contribution in [3.05, 3.63) is 103 Å². The standard InChI is InChI=1S/C43H41N11O8/c1-20-29-16-24-4-5-25-17-30-34(53(59)60)18-35(54(61)62)39(56)38(30)50-36(25)37(24)51-40(29)44-19-31(20)32-10-12-52-13-11-33(49-43(52)48-32)42(58)45-21(2)41(57)47-28-9-7-23-6-8-27(46-22(3)55)14-26(23)15-28/h6-9,14-19,21,32-33,43,48-49,56H,4-5,10-13H2,1-3H3,(H,45,58)(H,46,55)(H,47,57). The normalized spacial score (nSPS) is 18.9. The lowest BCUT2D eigenvalue weighted by Gasteiger charge is -2.46. The Labute approximate surface area is 352 Å². The van der Waals surface area contributed by atoms with Gasteiger partial charge in [0.05, 0.1) is 38.7 Å². The number of aromatic nitrogens is 3. The molecule has 2 fully saturated rings. The molecule has 3 aromatic carbocycles. The number of aryl methyl sites for hydroxylation is 3. The number of hydrogen-bond acceptors (Lipinski definition) is 14. The maximum Gasteiger partial charge on any atom is 0.319 e. The topological polar surface area (TPSA) is 260 Å². The molecule has 0 spiro atoms. The smallest absolute Gasteiger partial charge is 0.319 e. The van der Waals surface area contributed by atoms with E-state index in [0.29, 0.717) is 59.8 Å². The van der Waals surface area contributed by atoms with Crippen molar-refractivity contribution < 1.29 is 29.3 Å². The minimum Gasteiger partial charge on any atom is -0.501 e. The fourth-order valence-corrected chi connectivity index (χ4v) is 8.79. The van der Waals surface area contributed by atoms with Crippen molar-refractivity contribution >= 4 is 73.2 Å². The first-order chi connectivity index (χ1) is 29.7. The molecule has 9 rings (SSSR count). The molecule has 2 aliphatic heterocycles. The highest BCUT2D eigenvalue weighted by molar-refractivity contribution is 6.01. The van der Waals surface area contributed by atoms with Gasteiger partial charge in [-0.25, -0.2) is 15.0 Å². The van der Waals surface area contributed by atoms with E-state index in [0.717, 1.165) is 51.9 Å². The molecule has 62 heavy (non-hydrogen) atoms. The quantitative estimate of drug-likeness (QED) is 0.0870. The molecule has 19 heteroatoms. The molecule has 2 saturated heterocycles. The molecule has 1 aliphatic carbocycles. The lowest BCUT2D eigenvalue weighted by Crippen LogP contribution is -2.68. The number of phenols is 1. The Morgan fingerprint density at radius 3 is 2.21 bits per heavy atom. The third-order valence-electron chi connectivity index (χ3n) is 12.0. The molecule has 0 saturated carbocycles. The lowest BCUT2D eigenvalue weighted by atomic mass is 9.89. The summed E-state index contributed by atoms with van der Waals surface area (Å²) in [5, 5.41) is 52.5. The predicted octanol–water partition coefficient (Wildman–Crippen LogP) is 5.01. The molecule has 3 aliphatic rings. The molecule has 4 atom stereocenters. The number of anilines is 2. The molecule has 0 radical (unpaired) electrons. The molecule has 3 aromatic heterocycles. The lowest BCUT2D eigenvalue weighted by molar-refractivity contribution is -0.393. The van der Waals surface area contributed by atoms with Gasteiger partial charge in [-0.2, -0.15) is 0 Å². The number of non-ortho nitro benzene ring substituents is 1. The minimum atomic E-state index is -0.878. The van der Waals surface area contributed by atoms with Crippen LogP contribution < -0.4 is 26.6 Å². The van der Waals surface area contributed by atoms with Gasteiger partial charge in [-0.1, -0.05) is 12.1 Å². The zero-order chi connectivity index (χ0) is 43.6. The van der Waals surface area contributed by atoms with Gasteiger partial charge in [0, 0.05) is 49.0 Å². The minimum absolute atomic E-state index is 0.00823. The second-order valence-corrected chi connectivity index (χ2v) is 16.0. The number of phenolic OH excluding ortho intramolecular Hbond substituents is 1. The average molecular weight is 840 g/mol. The fourth-order valence-electron chi connectivity index (χ4n) is 8.79. The van der Waals surface area contributed by atoms with Crippen LogP contribution >= 0.6 is 0 Å². The van der Waals surface area contributed by atoms with Gasteiger partial charge in [-0.05, 0) is 109 Å². The first-order valence-electron chi connectivity index (χ1n) is 20.2. The van der Waals surface area contributed by atoms with Crippen LogP contribution in [0.2, 0.25) is 0 Å². The van der Waals surface area contributed by atoms with Gasteiger partial charge in [0.25, 0.3) is 5.69 Å². The molecular formula is C43H41N11O8. The summed E-state index contributed by atoms with van der Waals surface area (Å²) in [4.78, 5) is 76.6. The summed E-state index contributed by atoms with van der Waals surface area (Å²) in [6.07, 6.45) is 3.85. The Kier molecular flexibility index (Phi) is 10.2. The summed E-state index contributed by atoms with van der Waals surface area (Å²) in [5.74, 6) is -1.59. The Morgan fingerprint density at radius 1 is 0.855 bits per heavy atom. The first kappa shape index (κ1) is 40.2. The molecule has 3 amide bonds. The van der Waals surface area contributed by atoms with Crippen molar-refractivity contribution in [3.8, 4) is 17.1 Å². The Bertz CT molecular complexity index is 2920. The Hall–Kier alpha value is -7.22. The van der Waals surface area contributed by atoms with E-state index in [1.54, 1.807) is 25.3 Å². The predicted molar refractivity (Wildman–Crippen MR) is 229 cm³/mol. The van der Waals surface area contributed by atoms with Crippen LogP contribution in [0.3, 0.4) is 0 Å². The van der Waals surface area contributed by atoms with Crippen LogP contribution in [0.4, 0.5) is 22.7 Å². The average Bonchev–Trinajstić information content (AvgIpc) is 3.24. The van der Waals surface area contributed by atoms with Gasteiger partial charge in [-0.3, -0.25) is 50.1 Å². The molecule has 0 bridgehead atoms. The van der Waals surface area contributed by atoms with E-state index < -0.39 is 39.1 Å². The molecule has 5 heterocycles. The summed E-state index contributed by atoms with van der Waals surface area (Å²) < 4.78 is 0. The summed E-state index contributed by atoms with van der Waals surface area (Å²) in [5.41, 5.74) is 4.45.